The summed E-state index contributed by atoms with van der Waals surface area (Å²) < 4.78 is 37.7. The van der Waals surface area contributed by atoms with Gasteiger partial charge in [-0.3, -0.25) is 9.78 Å². The maximum atomic E-state index is 12.6. The number of rotatable bonds is 7. The normalized spacial score (nSPS) is 11.5. The van der Waals surface area contributed by atoms with Crippen LogP contribution in [0.25, 0.3) is 0 Å². The number of aliphatic imine (C=N–C) groups is 1. The molecular formula is C16H20F3IN6OS. The van der Waals surface area contributed by atoms with Gasteiger partial charge < -0.3 is 16.0 Å². The van der Waals surface area contributed by atoms with Crippen LogP contribution in [0.2, 0.25) is 0 Å². The standard InChI is InChI=1S/C16H19F3N6OS.HI/c1-2-21-15(24-9-13-25-12(10-27-13)16(17,18)19)23-7-6-22-14(26)11-4-3-5-20-8-11;/h3-5,8,10H,2,6-7,9H2,1H3,(H,22,26)(H2,21,23,24);1H. The molecule has 0 radical (unpaired) electrons. The molecule has 154 valence electrons. The molecule has 0 unspecified atom stereocenters. The molecule has 0 aliphatic carbocycles. The van der Waals surface area contributed by atoms with Gasteiger partial charge in [0.1, 0.15) is 5.01 Å². The fraction of sp³-hybridized carbons (Fsp3) is 0.375. The number of thiazole rings is 1. The zero-order valence-electron chi connectivity index (χ0n) is 14.9. The van der Waals surface area contributed by atoms with Gasteiger partial charge in [-0.2, -0.15) is 13.2 Å². The zero-order valence-corrected chi connectivity index (χ0v) is 18.1. The molecule has 3 N–H and O–H groups in total. The van der Waals surface area contributed by atoms with Crippen LogP contribution >= 0.6 is 35.3 Å². The van der Waals surface area contributed by atoms with Crippen LogP contribution in [-0.2, 0) is 12.7 Å². The Morgan fingerprint density at radius 1 is 1.25 bits per heavy atom. The molecule has 0 fully saturated rings. The van der Waals surface area contributed by atoms with Gasteiger partial charge in [0.25, 0.3) is 5.91 Å². The van der Waals surface area contributed by atoms with Crippen LogP contribution in [0.5, 0.6) is 0 Å². The van der Waals surface area contributed by atoms with E-state index in [0.717, 1.165) is 16.7 Å². The summed E-state index contributed by atoms with van der Waals surface area (Å²) in [4.78, 5) is 23.5. The lowest BCUT2D eigenvalue weighted by atomic mass is 10.3. The van der Waals surface area contributed by atoms with Crippen LogP contribution in [-0.4, -0.2) is 41.5 Å². The molecule has 2 rings (SSSR count). The minimum absolute atomic E-state index is 0. The highest BCUT2D eigenvalue weighted by Crippen LogP contribution is 2.30. The van der Waals surface area contributed by atoms with Gasteiger partial charge in [-0.15, -0.1) is 35.3 Å². The van der Waals surface area contributed by atoms with E-state index in [1.165, 1.54) is 6.20 Å². The molecule has 0 atom stereocenters. The molecule has 0 saturated heterocycles. The number of nitrogens with one attached hydrogen (secondary N) is 3. The number of pyridine rings is 1. The van der Waals surface area contributed by atoms with Crippen molar-refractivity contribution in [1.29, 1.82) is 0 Å². The predicted octanol–water partition coefficient (Wildman–Crippen LogP) is 2.66. The monoisotopic (exact) mass is 528 g/mol. The lowest BCUT2D eigenvalue weighted by Gasteiger charge is -2.11. The van der Waals surface area contributed by atoms with Gasteiger partial charge in [-0.25, -0.2) is 9.98 Å². The minimum atomic E-state index is -4.45. The summed E-state index contributed by atoms with van der Waals surface area (Å²) in [5, 5.41) is 9.95. The van der Waals surface area contributed by atoms with E-state index in [1.807, 2.05) is 6.92 Å². The first kappa shape index (κ1) is 24.1. The van der Waals surface area contributed by atoms with Crippen LogP contribution in [0.3, 0.4) is 0 Å². The Labute approximate surface area is 181 Å². The Balaban J connectivity index is 0.00000392. The van der Waals surface area contributed by atoms with Crippen LogP contribution in [0.4, 0.5) is 13.2 Å². The zero-order chi connectivity index (χ0) is 19.7. The van der Waals surface area contributed by atoms with E-state index >= 15 is 0 Å². The molecule has 0 spiro atoms. The first-order valence-electron chi connectivity index (χ1n) is 8.12. The minimum Gasteiger partial charge on any atom is -0.357 e. The molecule has 28 heavy (non-hydrogen) atoms. The molecule has 2 heterocycles. The Morgan fingerprint density at radius 3 is 2.61 bits per heavy atom. The van der Waals surface area contributed by atoms with Gasteiger partial charge in [-0.1, -0.05) is 0 Å². The Kier molecular flexibility index (Phi) is 10.1. The number of guanidine groups is 1. The first-order chi connectivity index (χ1) is 12.9. The highest BCUT2D eigenvalue weighted by Gasteiger charge is 2.33. The summed E-state index contributed by atoms with van der Waals surface area (Å²) in [6.07, 6.45) is -1.40. The molecule has 0 aliphatic rings. The lowest BCUT2D eigenvalue weighted by Crippen LogP contribution is -2.41. The molecule has 1 amide bonds. The molecule has 0 saturated carbocycles. The number of aromatic nitrogens is 2. The smallest absolute Gasteiger partial charge is 0.357 e. The third kappa shape index (κ3) is 7.96. The molecule has 2 aromatic rings. The van der Waals surface area contributed by atoms with Crippen molar-refractivity contribution in [3.05, 3.63) is 46.2 Å². The number of hydrogen-bond donors (Lipinski definition) is 3. The van der Waals surface area contributed by atoms with Crippen molar-refractivity contribution in [1.82, 2.24) is 25.9 Å². The second kappa shape index (κ2) is 11.8. The average molecular weight is 528 g/mol. The number of nitrogens with zero attached hydrogens (tertiary/aromatic N) is 3. The van der Waals surface area contributed by atoms with Crippen molar-refractivity contribution in [3.8, 4) is 0 Å². The number of halogens is 4. The second-order valence-electron chi connectivity index (χ2n) is 5.24. The Bertz CT molecular complexity index is 769. The second-order valence-corrected chi connectivity index (χ2v) is 6.19. The predicted molar refractivity (Wildman–Crippen MR) is 112 cm³/mol. The maximum absolute atomic E-state index is 12.6. The third-order valence-corrected chi connectivity index (χ3v) is 4.02. The van der Waals surface area contributed by atoms with Crippen molar-refractivity contribution in [2.24, 2.45) is 4.99 Å². The highest BCUT2D eigenvalue weighted by molar-refractivity contribution is 14.0. The van der Waals surface area contributed by atoms with Crippen LogP contribution in [0.15, 0.2) is 34.9 Å². The number of carbonyl (C=O) groups is 1. The Hall–Kier alpha value is -1.96. The number of alkyl halides is 3. The third-order valence-electron chi connectivity index (χ3n) is 3.19. The van der Waals surface area contributed by atoms with Crippen molar-refractivity contribution in [3.63, 3.8) is 0 Å². The fourth-order valence-corrected chi connectivity index (χ4v) is 2.68. The largest absolute Gasteiger partial charge is 0.434 e. The maximum Gasteiger partial charge on any atom is 0.434 e. The molecule has 0 bridgehead atoms. The van der Waals surface area contributed by atoms with Crippen LogP contribution < -0.4 is 16.0 Å². The summed E-state index contributed by atoms with van der Waals surface area (Å²) in [6.45, 7) is 3.21. The van der Waals surface area contributed by atoms with Crippen molar-refractivity contribution in [2.45, 2.75) is 19.6 Å². The van der Waals surface area contributed by atoms with E-state index in [2.05, 4.69) is 30.9 Å². The SMILES string of the molecule is CCNC(=NCc1nc(C(F)(F)F)cs1)NCCNC(=O)c1cccnc1.I. The van der Waals surface area contributed by atoms with Crippen LogP contribution in [0, 0.1) is 0 Å². The van der Waals surface area contributed by atoms with Crippen molar-refractivity contribution < 1.29 is 18.0 Å². The summed E-state index contributed by atoms with van der Waals surface area (Å²) in [5.74, 6) is 0.186. The fourth-order valence-electron chi connectivity index (χ4n) is 1.96. The van der Waals surface area contributed by atoms with Gasteiger partial charge in [0, 0.05) is 37.4 Å². The van der Waals surface area contributed by atoms with Gasteiger partial charge >= 0.3 is 6.18 Å². The highest BCUT2D eigenvalue weighted by atomic mass is 127. The van der Waals surface area contributed by atoms with Gasteiger partial charge in [0.05, 0.1) is 12.1 Å². The van der Waals surface area contributed by atoms with E-state index in [0.29, 0.717) is 31.2 Å². The number of amides is 1. The lowest BCUT2D eigenvalue weighted by molar-refractivity contribution is -0.140. The van der Waals surface area contributed by atoms with Gasteiger partial charge in [-0.05, 0) is 19.1 Å². The molecule has 2 aromatic heterocycles. The molecule has 7 nitrogen and oxygen atoms in total. The summed E-state index contributed by atoms with van der Waals surface area (Å²) in [7, 11) is 0. The number of hydrogen-bond acceptors (Lipinski definition) is 5. The summed E-state index contributed by atoms with van der Waals surface area (Å²) in [6, 6.07) is 3.33. The molecule has 0 aliphatic heterocycles. The first-order valence-corrected chi connectivity index (χ1v) is 9.00. The summed E-state index contributed by atoms with van der Waals surface area (Å²) >= 11 is 0.910. The molecule has 0 aromatic carbocycles. The topological polar surface area (TPSA) is 91.3 Å². The van der Waals surface area contributed by atoms with Crippen LogP contribution in [0.1, 0.15) is 28.0 Å². The van der Waals surface area contributed by atoms with Crippen molar-refractivity contribution in [2.75, 3.05) is 19.6 Å². The van der Waals surface area contributed by atoms with E-state index in [9.17, 15) is 18.0 Å². The Morgan fingerprint density at radius 2 is 2.00 bits per heavy atom. The van der Waals surface area contributed by atoms with Gasteiger partial charge in [0.15, 0.2) is 11.7 Å². The van der Waals surface area contributed by atoms with Gasteiger partial charge in [0.2, 0.25) is 0 Å². The number of carbonyl (C=O) groups excluding carboxylic acids is 1. The van der Waals surface area contributed by atoms with Crippen molar-refractivity contribution >= 4 is 47.2 Å². The van der Waals surface area contributed by atoms with E-state index in [1.54, 1.807) is 18.3 Å². The quantitative estimate of drug-likeness (QED) is 0.223. The summed E-state index contributed by atoms with van der Waals surface area (Å²) in [5.41, 5.74) is -0.448. The van der Waals surface area contributed by atoms with E-state index < -0.39 is 11.9 Å². The van der Waals surface area contributed by atoms with E-state index in [4.69, 9.17) is 0 Å². The molecular weight excluding hydrogens is 508 g/mol. The average Bonchev–Trinajstić information content (AvgIpc) is 3.13. The molecule has 12 heteroatoms. The van der Waals surface area contributed by atoms with E-state index in [-0.39, 0.29) is 41.4 Å².